The van der Waals surface area contributed by atoms with Crippen LogP contribution in [0, 0.1) is 5.41 Å². The highest BCUT2D eigenvalue weighted by Gasteiger charge is 2.44. The van der Waals surface area contributed by atoms with Gasteiger partial charge in [-0.2, -0.15) is 0 Å². The minimum Gasteiger partial charge on any atom is -0.493 e. The largest absolute Gasteiger partial charge is 0.493 e. The number of hydrogen-bond donors (Lipinski definition) is 1. The summed E-state index contributed by atoms with van der Waals surface area (Å²) in [5.41, 5.74) is 1.10. The minimum atomic E-state index is -1.24. The van der Waals surface area contributed by atoms with E-state index in [4.69, 9.17) is 14.2 Å². The number of ether oxygens (including phenoxy) is 3. The zero-order valence-electron chi connectivity index (χ0n) is 22.1. The van der Waals surface area contributed by atoms with E-state index in [1.54, 1.807) is 27.2 Å². The van der Waals surface area contributed by atoms with Crippen molar-refractivity contribution in [2.24, 2.45) is 5.41 Å². The second kappa shape index (κ2) is 10.6. The van der Waals surface area contributed by atoms with Crippen molar-refractivity contribution in [3.05, 3.63) is 48.2 Å². The molecule has 0 aliphatic carbocycles. The van der Waals surface area contributed by atoms with Crippen LogP contribution in [-0.2, 0) is 9.53 Å². The van der Waals surface area contributed by atoms with E-state index in [1.165, 1.54) is 0 Å². The van der Waals surface area contributed by atoms with Gasteiger partial charge in [0, 0.05) is 25.2 Å². The van der Waals surface area contributed by atoms with Crippen LogP contribution in [0.4, 0.5) is 5.82 Å². The second-order valence-corrected chi connectivity index (χ2v) is 10.6. The molecule has 0 bridgehead atoms. The Morgan fingerprint density at radius 1 is 1.19 bits per heavy atom. The molecule has 2 saturated heterocycles. The first kappa shape index (κ1) is 26.2. The maximum atomic E-state index is 12.9. The average Bonchev–Trinajstić information content (AvgIpc) is 3.19. The first-order valence-electron chi connectivity index (χ1n) is 12.8. The van der Waals surface area contributed by atoms with Crippen molar-refractivity contribution in [2.75, 3.05) is 44.8 Å². The fourth-order valence-corrected chi connectivity index (χ4v) is 5.08. The van der Waals surface area contributed by atoms with Crippen LogP contribution in [0.1, 0.15) is 52.0 Å². The van der Waals surface area contributed by atoms with Gasteiger partial charge in [-0.25, -0.2) is 4.98 Å². The molecule has 3 heterocycles. The van der Waals surface area contributed by atoms with Crippen molar-refractivity contribution < 1.29 is 24.1 Å². The molecule has 2 aliphatic rings. The first-order chi connectivity index (χ1) is 17.1. The van der Waals surface area contributed by atoms with Crippen molar-refractivity contribution in [3.63, 3.8) is 0 Å². The predicted octanol–water partition coefficient (Wildman–Crippen LogP) is 3.84. The maximum Gasteiger partial charge on any atom is 0.224 e. The molecule has 1 N–H and O–H groups in total. The van der Waals surface area contributed by atoms with Crippen molar-refractivity contribution >= 4 is 11.7 Å². The van der Waals surface area contributed by atoms with Gasteiger partial charge in [-0.3, -0.25) is 4.79 Å². The fourth-order valence-electron chi connectivity index (χ4n) is 5.08. The number of benzene rings is 1. The summed E-state index contributed by atoms with van der Waals surface area (Å²) in [6.07, 6.45) is 3.07. The van der Waals surface area contributed by atoms with E-state index in [-0.39, 0.29) is 36.4 Å². The monoisotopic (exact) mass is 497 g/mol. The number of rotatable bonds is 10. The summed E-state index contributed by atoms with van der Waals surface area (Å²) < 4.78 is 17.3. The molecule has 0 spiro atoms. The highest BCUT2D eigenvalue weighted by Crippen LogP contribution is 2.47. The summed E-state index contributed by atoms with van der Waals surface area (Å²) in [6.45, 7) is 10.7. The van der Waals surface area contributed by atoms with Crippen LogP contribution in [-0.4, -0.2) is 72.7 Å². The molecule has 2 aliphatic heterocycles. The fraction of sp³-hybridized carbons (Fsp3) is 0.571. The van der Waals surface area contributed by atoms with Crippen LogP contribution in [0.25, 0.3) is 0 Å². The first-order valence-corrected chi connectivity index (χ1v) is 12.8. The molecule has 0 radical (unpaired) electrons. The van der Waals surface area contributed by atoms with E-state index in [9.17, 15) is 9.90 Å². The van der Waals surface area contributed by atoms with Crippen molar-refractivity contribution in [1.82, 2.24) is 9.88 Å². The van der Waals surface area contributed by atoms with Gasteiger partial charge in [0.1, 0.15) is 11.9 Å². The minimum absolute atomic E-state index is 0.0507. The number of nitrogens with zero attached hydrogens (tertiary/aromatic N) is 3. The molecule has 1 aromatic heterocycles. The van der Waals surface area contributed by atoms with E-state index in [1.807, 2.05) is 29.2 Å². The van der Waals surface area contributed by atoms with Crippen LogP contribution < -0.4 is 14.4 Å². The van der Waals surface area contributed by atoms with Crippen LogP contribution in [0.15, 0.2) is 42.6 Å². The number of carbonyl (C=O) groups is 1. The average molecular weight is 498 g/mol. The highest BCUT2D eigenvalue weighted by molar-refractivity contribution is 5.77. The van der Waals surface area contributed by atoms with Gasteiger partial charge >= 0.3 is 0 Å². The quantitative estimate of drug-likeness (QED) is 0.500. The van der Waals surface area contributed by atoms with Gasteiger partial charge in [0.15, 0.2) is 17.3 Å². The van der Waals surface area contributed by atoms with Gasteiger partial charge < -0.3 is 29.1 Å². The zero-order chi connectivity index (χ0) is 25.9. The lowest BCUT2D eigenvalue weighted by Gasteiger charge is -2.40. The standard InChI is InChI=1S/C28H39N3O5/c1-6-28(4)19-31(26(32)12-14-35-27(2,3)33)18-22(28)20-10-11-23(34-5)24(15-20)36-21-16-30(17-21)25-9-7-8-13-29-25/h7-11,13,15,21-22,33H,6,12,14,16-19H2,1-5H3/t22-,28?/m0/s1. The van der Waals surface area contributed by atoms with Gasteiger partial charge in [0.05, 0.1) is 33.2 Å². The Morgan fingerprint density at radius 2 is 1.97 bits per heavy atom. The van der Waals surface area contributed by atoms with Crippen molar-refractivity contribution in [3.8, 4) is 11.5 Å². The van der Waals surface area contributed by atoms with Gasteiger partial charge in [-0.15, -0.1) is 0 Å². The van der Waals surface area contributed by atoms with Gasteiger partial charge in [-0.1, -0.05) is 26.0 Å². The van der Waals surface area contributed by atoms with Crippen LogP contribution in [0.2, 0.25) is 0 Å². The molecular formula is C28H39N3O5. The Kier molecular flexibility index (Phi) is 7.76. The zero-order valence-corrected chi connectivity index (χ0v) is 22.1. The SMILES string of the molecule is CCC1(C)CN(C(=O)CCOC(C)(C)O)C[C@H]1c1ccc(OC)c(OC2CN(c3ccccn3)C2)c1. The Labute approximate surface area is 214 Å². The summed E-state index contributed by atoms with van der Waals surface area (Å²) in [5, 5.41) is 9.76. The summed E-state index contributed by atoms with van der Waals surface area (Å²) in [5.74, 6) is 1.41. The van der Waals surface area contributed by atoms with Gasteiger partial charge in [-0.05, 0) is 55.5 Å². The Bertz CT molecular complexity index is 1040. The molecule has 8 nitrogen and oxygen atoms in total. The van der Waals surface area contributed by atoms with Gasteiger partial charge in [0.2, 0.25) is 5.91 Å². The summed E-state index contributed by atoms with van der Waals surface area (Å²) in [7, 11) is 1.66. The topological polar surface area (TPSA) is 84.4 Å². The third-order valence-corrected chi connectivity index (χ3v) is 7.43. The van der Waals surface area contributed by atoms with Crippen molar-refractivity contribution in [2.45, 2.75) is 58.3 Å². The van der Waals surface area contributed by atoms with Gasteiger partial charge in [0.25, 0.3) is 0 Å². The molecule has 1 amide bonds. The molecule has 2 atom stereocenters. The van der Waals surface area contributed by atoms with E-state index in [2.05, 4.69) is 35.9 Å². The summed E-state index contributed by atoms with van der Waals surface area (Å²) >= 11 is 0. The second-order valence-electron chi connectivity index (χ2n) is 10.6. The predicted molar refractivity (Wildman–Crippen MR) is 138 cm³/mol. The van der Waals surface area contributed by atoms with E-state index in [0.717, 1.165) is 36.6 Å². The summed E-state index contributed by atoms with van der Waals surface area (Å²) in [4.78, 5) is 21.5. The third kappa shape index (κ3) is 5.93. The molecule has 1 aromatic carbocycles. The molecule has 2 aromatic rings. The lowest BCUT2D eigenvalue weighted by atomic mass is 9.74. The number of pyridine rings is 1. The smallest absolute Gasteiger partial charge is 0.224 e. The molecular weight excluding hydrogens is 458 g/mol. The van der Waals surface area contributed by atoms with Crippen LogP contribution >= 0.6 is 0 Å². The van der Waals surface area contributed by atoms with E-state index in [0.29, 0.717) is 18.8 Å². The summed E-state index contributed by atoms with van der Waals surface area (Å²) in [6, 6.07) is 12.1. The molecule has 0 saturated carbocycles. The normalized spacial score (nSPS) is 22.4. The molecule has 36 heavy (non-hydrogen) atoms. The number of aromatic nitrogens is 1. The molecule has 8 heteroatoms. The lowest BCUT2D eigenvalue weighted by molar-refractivity contribution is -0.178. The van der Waals surface area contributed by atoms with E-state index < -0.39 is 5.79 Å². The Balaban J connectivity index is 1.44. The number of anilines is 1. The number of likely N-dealkylation sites (tertiary alicyclic amines) is 1. The number of carbonyl (C=O) groups excluding carboxylic acids is 1. The number of aliphatic hydroxyl groups is 1. The number of hydrogen-bond acceptors (Lipinski definition) is 7. The van der Waals surface area contributed by atoms with Crippen LogP contribution in [0.5, 0.6) is 11.5 Å². The highest BCUT2D eigenvalue weighted by atomic mass is 16.6. The number of amides is 1. The Morgan fingerprint density at radius 3 is 2.61 bits per heavy atom. The van der Waals surface area contributed by atoms with E-state index >= 15 is 0 Å². The lowest BCUT2D eigenvalue weighted by Crippen LogP contribution is -2.54. The Hall–Kier alpha value is -2.84. The molecule has 2 fully saturated rings. The van der Waals surface area contributed by atoms with Crippen molar-refractivity contribution in [1.29, 1.82) is 0 Å². The third-order valence-electron chi connectivity index (χ3n) is 7.43. The van der Waals surface area contributed by atoms with Crippen LogP contribution in [0.3, 0.4) is 0 Å². The molecule has 1 unspecified atom stereocenters. The maximum absolute atomic E-state index is 12.9. The molecule has 196 valence electrons. The number of methoxy groups -OCH3 is 1. The molecule has 4 rings (SSSR count).